The fourth-order valence-electron chi connectivity index (χ4n) is 2.44. The van der Waals surface area contributed by atoms with Crippen molar-refractivity contribution in [2.24, 2.45) is 0 Å². The van der Waals surface area contributed by atoms with Crippen LogP contribution in [-0.2, 0) is 11.2 Å². The van der Waals surface area contributed by atoms with E-state index in [0.29, 0.717) is 19.5 Å². The molecule has 2 aromatic rings. The van der Waals surface area contributed by atoms with Crippen molar-refractivity contribution in [2.45, 2.75) is 17.7 Å². The van der Waals surface area contributed by atoms with E-state index in [1.165, 1.54) is 0 Å². The van der Waals surface area contributed by atoms with Crippen LogP contribution in [0.2, 0.25) is 0 Å². The Hall–Kier alpha value is -1.67. The van der Waals surface area contributed by atoms with E-state index in [-0.39, 0.29) is 5.91 Å². The zero-order valence-electron chi connectivity index (χ0n) is 13.0. The molecule has 23 heavy (non-hydrogen) atoms. The summed E-state index contributed by atoms with van der Waals surface area (Å²) in [5.41, 5.74) is 0.879. The summed E-state index contributed by atoms with van der Waals surface area (Å²) in [7, 11) is 0. The Morgan fingerprint density at radius 1 is 1.26 bits per heavy atom. The summed E-state index contributed by atoms with van der Waals surface area (Å²) in [6, 6.07) is 1.81. The van der Waals surface area contributed by atoms with Crippen molar-refractivity contribution in [1.82, 2.24) is 19.9 Å². The zero-order chi connectivity index (χ0) is 16.1. The number of thiazole rings is 1. The van der Waals surface area contributed by atoms with Gasteiger partial charge < -0.3 is 9.80 Å². The van der Waals surface area contributed by atoms with Gasteiger partial charge in [-0.1, -0.05) is 18.7 Å². The van der Waals surface area contributed by atoms with E-state index >= 15 is 0 Å². The predicted octanol–water partition coefficient (Wildman–Crippen LogP) is 1.94. The number of thioether (sulfide) groups is 1. The minimum absolute atomic E-state index is 0.150. The van der Waals surface area contributed by atoms with Crippen LogP contribution in [-0.4, -0.2) is 57.7 Å². The number of nitrogens with zero attached hydrogens (tertiary/aromatic N) is 5. The third kappa shape index (κ3) is 4.20. The number of amides is 1. The molecule has 0 atom stereocenters. The molecule has 1 aliphatic rings. The second-order valence-corrected chi connectivity index (χ2v) is 7.50. The van der Waals surface area contributed by atoms with Gasteiger partial charge in [-0.2, -0.15) is 0 Å². The second-order valence-electron chi connectivity index (χ2n) is 5.13. The minimum atomic E-state index is 0.150. The molecule has 0 radical (unpaired) electrons. The van der Waals surface area contributed by atoms with Crippen molar-refractivity contribution < 1.29 is 4.79 Å². The van der Waals surface area contributed by atoms with Crippen molar-refractivity contribution in [1.29, 1.82) is 0 Å². The number of rotatable bonds is 5. The number of aromatic nitrogens is 3. The van der Waals surface area contributed by atoms with Crippen molar-refractivity contribution in [3.05, 3.63) is 29.5 Å². The Kier molecular flexibility index (Phi) is 5.45. The van der Waals surface area contributed by atoms with Gasteiger partial charge in [0.15, 0.2) is 0 Å². The van der Waals surface area contributed by atoms with Gasteiger partial charge in [-0.3, -0.25) is 4.79 Å². The molecule has 0 aromatic carbocycles. The Morgan fingerprint density at radius 3 is 2.70 bits per heavy atom. The molecule has 0 unspecified atom stereocenters. The molecule has 8 heteroatoms. The first-order chi connectivity index (χ1) is 11.3. The van der Waals surface area contributed by atoms with Gasteiger partial charge in [0.1, 0.15) is 4.34 Å². The van der Waals surface area contributed by atoms with Crippen LogP contribution in [0.15, 0.2) is 28.2 Å². The van der Waals surface area contributed by atoms with Gasteiger partial charge in [0.2, 0.25) is 11.9 Å². The van der Waals surface area contributed by atoms with Gasteiger partial charge >= 0.3 is 0 Å². The van der Waals surface area contributed by atoms with Crippen LogP contribution in [0.25, 0.3) is 0 Å². The van der Waals surface area contributed by atoms with Gasteiger partial charge in [-0.05, 0) is 11.8 Å². The monoisotopic (exact) mass is 349 g/mol. The van der Waals surface area contributed by atoms with Crippen LogP contribution in [0, 0.1) is 0 Å². The first-order valence-electron chi connectivity index (χ1n) is 7.63. The molecule has 1 fully saturated rings. The molecule has 1 amide bonds. The maximum atomic E-state index is 12.4. The molecule has 0 aliphatic carbocycles. The molecular weight excluding hydrogens is 330 g/mol. The number of hydrogen-bond acceptors (Lipinski definition) is 7. The molecule has 2 aromatic heterocycles. The lowest BCUT2D eigenvalue weighted by Crippen LogP contribution is -2.49. The van der Waals surface area contributed by atoms with E-state index in [9.17, 15) is 4.79 Å². The molecule has 0 saturated carbocycles. The number of carbonyl (C=O) groups is 1. The second kappa shape index (κ2) is 7.74. The Bertz CT molecular complexity index is 640. The smallest absolute Gasteiger partial charge is 0.228 e. The molecule has 122 valence electrons. The number of carbonyl (C=O) groups excluding carboxylic acids is 1. The maximum absolute atomic E-state index is 12.4. The molecule has 3 rings (SSSR count). The van der Waals surface area contributed by atoms with Crippen LogP contribution in [0.3, 0.4) is 0 Å². The molecule has 3 heterocycles. The van der Waals surface area contributed by atoms with E-state index in [2.05, 4.69) is 26.8 Å². The molecular formula is C15H19N5OS2. The summed E-state index contributed by atoms with van der Waals surface area (Å²) in [6.45, 7) is 5.05. The van der Waals surface area contributed by atoms with Gasteiger partial charge in [0.05, 0.1) is 12.1 Å². The lowest BCUT2D eigenvalue weighted by atomic mass is 10.2. The Labute approximate surface area is 144 Å². The summed E-state index contributed by atoms with van der Waals surface area (Å²) < 4.78 is 1.04. The Balaban J connectivity index is 1.51. The van der Waals surface area contributed by atoms with Crippen LogP contribution >= 0.6 is 23.1 Å². The minimum Gasteiger partial charge on any atom is -0.339 e. The van der Waals surface area contributed by atoms with Gasteiger partial charge in [-0.25, -0.2) is 15.0 Å². The highest BCUT2D eigenvalue weighted by Gasteiger charge is 2.23. The van der Waals surface area contributed by atoms with Gasteiger partial charge in [0, 0.05) is 44.0 Å². The molecule has 1 aliphatic heterocycles. The summed E-state index contributed by atoms with van der Waals surface area (Å²) in [5, 5.41) is 1.99. The van der Waals surface area contributed by atoms with E-state index in [4.69, 9.17) is 0 Å². The summed E-state index contributed by atoms with van der Waals surface area (Å²) in [6.07, 6.45) is 3.88. The number of piperazine rings is 1. The fourth-order valence-corrected chi connectivity index (χ4v) is 4.18. The number of hydrogen-bond donors (Lipinski definition) is 0. The average molecular weight is 349 g/mol. The standard InChI is InChI=1S/C15H19N5OS2/c1-2-22-15-18-12(11-23-15)10-13(21)19-6-8-20(9-7-19)14-16-4-3-5-17-14/h3-5,11H,2,6-10H2,1H3. The van der Waals surface area contributed by atoms with Crippen LogP contribution in [0.1, 0.15) is 12.6 Å². The third-order valence-corrected chi connectivity index (χ3v) is 5.55. The fraction of sp³-hybridized carbons (Fsp3) is 0.467. The highest BCUT2D eigenvalue weighted by atomic mass is 32.2. The Morgan fingerprint density at radius 2 is 2.00 bits per heavy atom. The lowest BCUT2D eigenvalue weighted by molar-refractivity contribution is -0.130. The van der Waals surface area contributed by atoms with Crippen molar-refractivity contribution in [3.63, 3.8) is 0 Å². The summed E-state index contributed by atoms with van der Waals surface area (Å²) >= 11 is 3.34. The van der Waals surface area contributed by atoms with E-state index in [1.807, 2.05) is 16.3 Å². The van der Waals surface area contributed by atoms with Gasteiger partial charge in [-0.15, -0.1) is 11.3 Å². The normalized spacial score (nSPS) is 15.0. The summed E-state index contributed by atoms with van der Waals surface area (Å²) in [5.74, 6) is 1.89. The first kappa shape index (κ1) is 16.2. The van der Waals surface area contributed by atoms with Crippen LogP contribution in [0.5, 0.6) is 0 Å². The molecule has 1 saturated heterocycles. The largest absolute Gasteiger partial charge is 0.339 e. The van der Waals surface area contributed by atoms with E-state index in [0.717, 1.165) is 34.8 Å². The first-order valence-corrected chi connectivity index (χ1v) is 9.49. The molecule has 0 spiro atoms. The van der Waals surface area contributed by atoms with E-state index < -0.39 is 0 Å². The van der Waals surface area contributed by atoms with Crippen molar-refractivity contribution in [3.8, 4) is 0 Å². The van der Waals surface area contributed by atoms with Crippen LogP contribution < -0.4 is 4.90 Å². The average Bonchev–Trinajstić information content (AvgIpc) is 3.03. The maximum Gasteiger partial charge on any atom is 0.228 e. The highest BCUT2D eigenvalue weighted by Crippen LogP contribution is 2.22. The molecule has 0 N–H and O–H groups in total. The molecule has 6 nitrogen and oxygen atoms in total. The summed E-state index contributed by atoms with van der Waals surface area (Å²) in [4.78, 5) is 29.5. The van der Waals surface area contributed by atoms with E-state index in [1.54, 1.807) is 35.5 Å². The van der Waals surface area contributed by atoms with Crippen LogP contribution in [0.4, 0.5) is 5.95 Å². The zero-order valence-corrected chi connectivity index (χ0v) is 14.6. The SMILES string of the molecule is CCSc1nc(CC(=O)N2CCN(c3ncccn3)CC2)cs1. The topological polar surface area (TPSA) is 62.2 Å². The van der Waals surface area contributed by atoms with Crippen molar-refractivity contribution in [2.75, 3.05) is 36.8 Å². The lowest BCUT2D eigenvalue weighted by Gasteiger charge is -2.34. The predicted molar refractivity (Wildman–Crippen MR) is 93.0 cm³/mol. The van der Waals surface area contributed by atoms with Gasteiger partial charge in [0.25, 0.3) is 0 Å². The third-order valence-electron chi connectivity index (χ3n) is 3.60. The quantitative estimate of drug-likeness (QED) is 0.769. The molecule has 0 bridgehead atoms. The highest BCUT2D eigenvalue weighted by molar-refractivity contribution is 8.00. The van der Waals surface area contributed by atoms with Crippen molar-refractivity contribution >= 4 is 35.0 Å². The number of anilines is 1.